The molecule has 1 aliphatic heterocycles. The van der Waals surface area contributed by atoms with E-state index in [0.29, 0.717) is 18.5 Å². The van der Waals surface area contributed by atoms with E-state index in [1.807, 2.05) is 6.07 Å². The lowest BCUT2D eigenvalue weighted by Crippen LogP contribution is -2.37. The fraction of sp³-hybridized carbons (Fsp3) is 0.444. The van der Waals surface area contributed by atoms with Gasteiger partial charge in [-0.25, -0.2) is 0 Å². The van der Waals surface area contributed by atoms with E-state index in [1.54, 1.807) is 18.2 Å². The summed E-state index contributed by atoms with van der Waals surface area (Å²) in [5, 5.41) is 2.60. The Morgan fingerprint density at radius 1 is 1.15 bits per heavy atom. The second-order valence-corrected chi connectivity index (χ2v) is 7.39. The maximum absolute atomic E-state index is 12.3. The lowest BCUT2D eigenvalue weighted by atomic mass is 9.81. The highest BCUT2D eigenvalue weighted by Gasteiger charge is 2.48. The van der Waals surface area contributed by atoms with Crippen molar-refractivity contribution in [3.05, 3.63) is 28.7 Å². The third-order valence-corrected chi connectivity index (χ3v) is 5.19. The molecule has 1 aliphatic carbocycles. The van der Waals surface area contributed by atoms with Gasteiger partial charge < -0.3 is 10.1 Å². The number of benzene rings is 1. The van der Waals surface area contributed by atoms with Crippen LogP contribution in [0.25, 0.3) is 0 Å². The SMILES string of the molecule is O=C(COC(=O)CN1C(=O)[C@H]2CCCC[C@@H]2C1=O)Nc1cccc(Br)c1. The molecule has 0 aromatic heterocycles. The number of amides is 3. The summed E-state index contributed by atoms with van der Waals surface area (Å²) in [6.07, 6.45) is 3.23. The molecule has 1 aromatic rings. The van der Waals surface area contributed by atoms with Gasteiger partial charge in [-0.3, -0.25) is 24.1 Å². The van der Waals surface area contributed by atoms with Crippen molar-refractivity contribution < 1.29 is 23.9 Å². The molecular formula is C18H19BrN2O5. The Hall–Kier alpha value is -2.22. The van der Waals surface area contributed by atoms with E-state index in [2.05, 4.69) is 21.2 Å². The third-order valence-electron chi connectivity index (χ3n) is 4.69. The summed E-state index contributed by atoms with van der Waals surface area (Å²) in [5.74, 6) is -2.46. The van der Waals surface area contributed by atoms with Crippen molar-refractivity contribution in [3.8, 4) is 0 Å². The first-order chi connectivity index (χ1) is 12.5. The van der Waals surface area contributed by atoms with Gasteiger partial charge in [0.25, 0.3) is 5.91 Å². The largest absolute Gasteiger partial charge is 0.454 e. The number of nitrogens with zero attached hydrogens (tertiary/aromatic N) is 1. The van der Waals surface area contributed by atoms with Crippen molar-refractivity contribution in [2.75, 3.05) is 18.5 Å². The number of esters is 1. The van der Waals surface area contributed by atoms with E-state index in [4.69, 9.17) is 4.74 Å². The van der Waals surface area contributed by atoms with Crippen LogP contribution in [-0.4, -0.2) is 41.7 Å². The fourth-order valence-electron chi connectivity index (χ4n) is 3.47. The van der Waals surface area contributed by atoms with E-state index in [9.17, 15) is 19.2 Å². The first-order valence-electron chi connectivity index (χ1n) is 8.52. The number of nitrogens with one attached hydrogen (secondary N) is 1. The van der Waals surface area contributed by atoms with E-state index in [0.717, 1.165) is 22.2 Å². The standard InChI is InChI=1S/C18H19BrN2O5/c19-11-4-3-5-12(8-11)20-15(22)10-26-16(23)9-21-17(24)13-6-1-2-7-14(13)18(21)25/h3-5,8,13-14H,1-2,6-7,9-10H2,(H,20,22)/t13-,14-/m0/s1. The molecule has 26 heavy (non-hydrogen) atoms. The molecule has 7 nitrogen and oxygen atoms in total. The molecule has 1 aromatic carbocycles. The topological polar surface area (TPSA) is 92.8 Å². The molecule has 2 fully saturated rings. The second-order valence-electron chi connectivity index (χ2n) is 6.48. The van der Waals surface area contributed by atoms with Crippen LogP contribution >= 0.6 is 15.9 Å². The first kappa shape index (κ1) is 18.6. The van der Waals surface area contributed by atoms with E-state index in [-0.39, 0.29) is 23.7 Å². The minimum absolute atomic E-state index is 0.296. The number of ether oxygens (including phenoxy) is 1. The van der Waals surface area contributed by atoms with Crippen LogP contribution in [0.2, 0.25) is 0 Å². The Kier molecular flexibility index (Phi) is 5.70. The monoisotopic (exact) mass is 422 g/mol. The number of hydrogen-bond acceptors (Lipinski definition) is 5. The number of likely N-dealkylation sites (tertiary alicyclic amines) is 1. The Balaban J connectivity index is 1.49. The lowest BCUT2D eigenvalue weighted by molar-refractivity contribution is -0.154. The molecule has 1 heterocycles. The van der Waals surface area contributed by atoms with Crippen molar-refractivity contribution in [1.82, 2.24) is 4.90 Å². The maximum atomic E-state index is 12.3. The molecule has 0 radical (unpaired) electrons. The average molecular weight is 423 g/mol. The number of carbonyl (C=O) groups excluding carboxylic acids is 4. The van der Waals surface area contributed by atoms with Gasteiger partial charge in [-0.05, 0) is 31.0 Å². The van der Waals surface area contributed by atoms with Gasteiger partial charge in [0.1, 0.15) is 6.54 Å². The molecule has 0 unspecified atom stereocenters. The summed E-state index contributed by atoms with van der Waals surface area (Å²) < 4.78 is 5.71. The van der Waals surface area contributed by atoms with Crippen LogP contribution in [0.1, 0.15) is 25.7 Å². The van der Waals surface area contributed by atoms with Crippen molar-refractivity contribution in [2.24, 2.45) is 11.8 Å². The highest BCUT2D eigenvalue weighted by Crippen LogP contribution is 2.37. The van der Waals surface area contributed by atoms with Crippen LogP contribution in [-0.2, 0) is 23.9 Å². The van der Waals surface area contributed by atoms with Gasteiger partial charge in [-0.2, -0.15) is 0 Å². The molecular weight excluding hydrogens is 404 g/mol. The van der Waals surface area contributed by atoms with Gasteiger partial charge in [0.2, 0.25) is 11.8 Å². The summed E-state index contributed by atoms with van der Waals surface area (Å²) in [6, 6.07) is 6.99. The van der Waals surface area contributed by atoms with E-state index >= 15 is 0 Å². The summed E-state index contributed by atoms with van der Waals surface area (Å²) in [7, 11) is 0. The molecule has 1 saturated carbocycles. The average Bonchev–Trinajstić information content (AvgIpc) is 2.85. The molecule has 3 rings (SSSR count). The molecule has 0 spiro atoms. The number of carbonyl (C=O) groups is 4. The molecule has 138 valence electrons. The van der Waals surface area contributed by atoms with Gasteiger partial charge in [-0.1, -0.05) is 34.8 Å². The molecule has 2 atom stereocenters. The van der Waals surface area contributed by atoms with Crippen LogP contribution in [0, 0.1) is 11.8 Å². The number of fused-ring (bicyclic) bond motifs is 1. The third kappa shape index (κ3) is 4.12. The first-order valence-corrected chi connectivity index (χ1v) is 9.31. The normalized spacial score (nSPS) is 22.1. The zero-order valence-electron chi connectivity index (χ0n) is 14.1. The Morgan fingerprint density at radius 2 is 1.81 bits per heavy atom. The van der Waals surface area contributed by atoms with Crippen LogP contribution in [0.15, 0.2) is 28.7 Å². The number of imide groups is 1. The van der Waals surface area contributed by atoms with E-state index in [1.165, 1.54) is 0 Å². The Bertz CT molecular complexity index is 727. The lowest BCUT2D eigenvalue weighted by Gasteiger charge is -2.19. The minimum atomic E-state index is -0.769. The van der Waals surface area contributed by atoms with Gasteiger partial charge in [0, 0.05) is 10.2 Å². The summed E-state index contributed by atoms with van der Waals surface area (Å²) in [6.45, 7) is -0.913. The van der Waals surface area contributed by atoms with Gasteiger partial charge in [0.15, 0.2) is 6.61 Å². The van der Waals surface area contributed by atoms with Crippen LogP contribution in [0.4, 0.5) is 5.69 Å². The predicted molar refractivity (Wildman–Crippen MR) is 95.9 cm³/mol. The minimum Gasteiger partial charge on any atom is -0.454 e. The van der Waals surface area contributed by atoms with Crippen molar-refractivity contribution in [2.45, 2.75) is 25.7 Å². The number of anilines is 1. The smallest absolute Gasteiger partial charge is 0.326 e. The van der Waals surface area contributed by atoms with Crippen molar-refractivity contribution in [1.29, 1.82) is 0 Å². The van der Waals surface area contributed by atoms with E-state index < -0.39 is 25.0 Å². The van der Waals surface area contributed by atoms with Crippen molar-refractivity contribution in [3.63, 3.8) is 0 Å². The molecule has 2 aliphatic rings. The fourth-order valence-corrected chi connectivity index (χ4v) is 3.87. The van der Waals surface area contributed by atoms with Gasteiger partial charge >= 0.3 is 5.97 Å². The Labute approximate surface area is 159 Å². The summed E-state index contributed by atoms with van der Waals surface area (Å²) in [4.78, 5) is 49.4. The molecule has 1 saturated heterocycles. The number of hydrogen-bond donors (Lipinski definition) is 1. The number of halogens is 1. The molecule has 0 bridgehead atoms. The zero-order chi connectivity index (χ0) is 18.7. The quantitative estimate of drug-likeness (QED) is 0.579. The highest BCUT2D eigenvalue weighted by molar-refractivity contribution is 9.10. The predicted octanol–water partition coefficient (Wildman–Crippen LogP) is 2.11. The van der Waals surface area contributed by atoms with Gasteiger partial charge in [-0.15, -0.1) is 0 Å². The summed E-state index contributed by atoms with van der Waals surface area (Å²) in [5.41, 5.74) is 0.564. The van der Waals surface area contributed by atoms with Crippen LogP contribution < -0.4 is 5.32 Å². The molecule has 1 N–H and O–H groups in total. The highest BCUT2D eigenvalue weighted by atomic mass is 79.9. The van der Waals surface area contributed by atoms with Crippen LogP contribution in [0.3, 0.4) is 0 Å². The molecule has 3 amide bonds. The second kappa shape index (κ2) is 7.99. The van der Waals surface area contributed by atoms with Crippen LogP contribution in [0.5, 0.6) is 0 Å². The zero-order valence-corrected chi connectivity index (χ0v) is 15.7. The Morgan fingerprint density at radius 3 is 2.42 bits per heavy atom. The van der Waals surface area contributed by atoms with Gasteiger partial charge in [0.05, 0.1) is 11.8 Å². The van der Waals surface area contributed by atoms with Crippen molar-refractivity contribution >= 4 is 45.3 Å². The maximum Gasteiger partial charge on any atom is 0.326 e. The molecule has 8 heteroatoms. The summed E-state index contributed by atoms with van der Waals surface area (Å²) >= 11 is 3.29. The number of rotatable bonds is 5.